The van der Waals surface area contributed by atoms with Crippen molar-refractivity contribution in [3.05, 3.63) is 65.7 Å². The van der Waals surface area contributed by atoms with Crippen molar-refractivity contribution in [2.45, 2.75) is 0 Å². The highest BCUT2D eigenvalue weighted by Crippen LogP contribution is 2.03. The molecule has 21 heavy (non-hydrogen) atoms. The van der Waals surface area contributed by atoms with Crippen LogP contribution in [0.15, 0.2) is 59.7 Å². The molecule has 0 bridgehead atoms. The molecule has 0 radical (unpaired) electrons. The SMILES string of the molecule is N#Cc1ccc(/C=N/NC(=O)CNc2ccccc2)cc1. The number of para-hydroxylation sites is 1. The zero-order chi connectivity index (χ0) is 14.9. The zero-order valence-corrected chi connectivity index (χ0v) is 11.3. The Morgan fingerprint density at radius 2 is 1.86 bits per heavy atom. The fraction of sp³-hybridized carbons (Fsp3) is 0.0625. The molecular weight excluding hydrogens is 264 g/mol. The first-order valence-corrected chi connectivity index (χ1v) is 6.39. The summed E-state index contributed by atoms with van der Waals surface area (Å²) in [6, 6.07) is 18.4. The highest BCUT2D eigenvalue weighted by atomic mass is 16.2. The maximum absolute atomic E-state index is 11.6. The third-order valence-electron chi connectivity index (χ3n) is 2.67. The van der Waals surface area contributed by atoms with Crippen LogP contribution >= 0.6 is 0 Å². The summed E-state index contributed by atoms with van der Waals surface area (Å²) < 4.78 is 0. The molecule has 0 aliphatic rings. The molecule has 2 N–H and O–H groups in total. The van der Waals surface area contributed by atoms with Gasteiger partial charge in [-0.2, -0.15) is 10.4 Å². The quantitative estimate of drug-likeness (QED) is 0.649. The van der Waals surface area contributed by atoms with Crippen LogP contribution in [0.1, 0.15) is 11.1 Å². The van der Waals surface area contributed by atoms with Crippen LogP contribution in [0.5, 0.6) is 0 Å². The number of hydrogen-bond acceptors (Lipinski definition) is 4. The fourth-order valence-electron chi connectivity index (χ4n) is 1.60. The molecule has 5 nitrogen and oxygen atoms in total. The van der Waals surface area contributed by atoms with Crippen molar-refractivity contribution < 1.29 is 4.79 Å². The Hall–Kier alpha value is -3.13. The highest BCUT2D eigenvalue weighted by Gasteiger charge is 1.98. The van der Waals surface area contributed by atoms with E-state index >= 15 is 0 Å². The number of carbonyl (C=O) groups excluding carboxylic acids is 1. The largest absolute Gasteiger partial charge is 0.376 e. The number of benzene rings is 2. The minimum atomic E-state index is -0.233. The van der Waals surface area contributed by atoms with Gasteiger partial charge >= 0.3 is 0 Å². The van der Waals surface area contributed by atoms with E-state index in [-0.39, 0.29) is 12.5 Å². The molecule has 2 rings (SSSR count). The Morgan fingerprint density at radius 1 is 1.14 bits per heavy atom. The second-order valence-electron chi connectivity index (χ2n) is 4.25. The molecule has 0 fully saturated rings. The lowest BCUT2D eigenvalue weighted by molar-refractivity contribution is -0.119. The van der Waals surface area contributed by atoms with Crippen molar-refractivity contribution in [3.63, 3.8) is 0 Å². The third kappa shape index (κ3) is 4.80. The van der Waals surface area contributed by atoms with E-state index < -0.39 is 0 Å². The summed E-state index contributed by atoms with van der Waals surface area (Å²) in [7, 11) is 0. The highest BCUT2D eigenvalue weighted by molar-refractivity contribution is 5.84. The van der Waals surface area contributed by atoms with Crippen LogP contribution in [-0.4, -0.2) is 18.7 Å². The van der Waals surface area contributed by atoms with E-state index in [2.05, 4.69) is 15.8 Å². The topological polar surface area (TPSA) is 77.3 Å². The number of nitrogens with one attached hydrogen (secondary N) is 2. The predicted octanol–water partition coefficient (Wildman–Crippen LogP) is 2.12. The molecule has 0 aliphatic carbocycles. The molecule has 0 atom stereocenters. The van der Waals surface area contributed by atoms with E-state index in [4.69, 9.17) is 5.26 Å². The van der Waals surface area contributed by atoms with Crippen LogP contribution in [0.2, 0.25) is 0 Å². The lowest BCUT2D eigenvalue weighted by Crippen LogP contribution is -2.25. The Kier molecular flexibility index (Phi) is 5.07. The number of anilines is 1. The standard InChI is InChI=1S/C16H14N4O/c17-10-13-6-8-14(9-7-13)11-19-20-16(21)12-18-15-4-2-1-3-5-15/h1-9,11,18H,12H2,(H,20,21)/b19-11+. The van der Waals surface area contributed by atoms with Crippen molar-refractivity contribution in [3.8, 4) is 6.07 Å². The summed E-state index contributed by atoms with van der Waals surface area (Å²) in [5, 5.41) is 15.5. The van der Waals surface area contributed by atoms with Crippen LogP contribution in [0.3, 0.4) is 0 Å². The Morgan fingerprint density at radius 3 is 2.52 bits per heavy atom. The van der Waals surface area contributed by atoms with Crippen molar-refractivity contribution in [1.29, 1.82) is 5.26 Å². The fourth-order valence-corrected chi connectivity index (χ4v) is 1.60. The first kappa shape index (κ1) is 14.3. The molecule has 0 saturated heterocycles. The van der Waals surface area contributed by atoms with Gasteiger partial charge in [0.2, 0.25) is 0 Å². The predicted molar refractivity (Wildman–Crippen MR) is 81.8 cm³/mol. The number of carbonyl (C=O) groups is 1. The molecule has 1 amide bonds. The number of hydrogen-bond donors (Lipinski definition) is 2. The molecule has 5 heteroatoms. The molecule has 0 unspecified atom stereocenters. The average molecular weight is 278 g/mol. The van der Waals surface area contributed by atoms with E-state index in [1.807, 2.05) is 36.4 Å². The summed E-state index contributed by atoms with van der Waals surface area (Å²) in [6.07, 6.45) is 1.53. The molecule has 0 heterocycles. The smallest absolute Gasteiger partial charge is 0.259 e. The monoisotopic (exact) mass is 278 g/mol. The first-order chi connectivity index (χ1) is 10.3. The van der Waals surface area contributed by atoms with E-state index in [1.165, 1.54) is 6.21 Å². The lowest BCUT2D eigenvalue weighted by atomic mass is 10.2. The lowest BCUT2D eigenvalue weighted by Gasteiger charge is -2.04. The average Bonchev–Trinajstić information content (AvgIpc) is 2.54. The minimum Gasteiger partial charge on any atom is -0.376 e. The van der Waals surface area contributed by atoms with E-state index in [9.17, 15) is 4.79 Å². The summed E-state index contributed by atoms with van der Waals surface area (Å²) in [5.41, 5.74) is 4.71. The first-order valence-electron chi connectivity index (χ1n) is 6.39. The van der Waals surface area contributed by atoms with Crippen molar-refractivity contribution in [1.82, 2.24) is 5.43 Å². The number of nitriles is 1. The maximum Gasteiger partial charge on any atom is 0.259 e. The van der Waals surface area contributed by atoms with Gasteiger partial charge in [-0.15, -0.1) is 0 Å². The molecule has 0 saturated carbocycles. The van der Waals surface area contributed by atoms with Gasteiger partial charge in [0.05, 0.1) is 24.4 Å². The van der Waals surface area contributed by atoms with Crippen molar-refractivity contribution in [2.24, 2.45) is 5.10 Å². The van der Waals surface area contributed by atoms with Crippen molar-refractivity contribution >= 4 is 17.8 Å². The molecular formula is C16H14N4O. The summed E-state index contributed by atoms with van der Waals surface area (Å²) >= 11 is 0. The van der Waals surface area contributed by atoms with Gasteiger partial charge in [0.25, 0.3) is 5.91 Å². The Balaban J connectivity index is 1.78. The molecule has 2 aromatic carbocycles. The number of amides is 1. The molecule has 0 aromatic heterocycles. The number of nitrogens with zero attached hydrogens (tertiary/aromatic N) is 2. The second kappa shape index (κ2) is 7.46. The molecule has 104 valence electrons. The molecule has 0 aliphatic heterocycles. The number of rotatable bonds is 5. The minimum absolute atomic E-state index is 0.148. The Labute approximate surface area is 122 Å². The van der Waals surface area contributed by atoms with Gasteiger partial charge in [0.1, 0.15) is 0 Å². The van der Waals surface area contributed by atoms with E-state index in [0.717, 1.165) is 11.3 Å². The van der Waals surface area contributed by atoms with Crippen LogP contribution in [0, 0.1) is 11.3 Å². The summed E-state index contributed by atoms with van der Waals surface area (Å²) in [5.74, 6) is -0.233. The summed E-state index contributed by atoms with van der Waals surface area (Å²) in [6.45, 7) is 0.148. The van der Waals surface area contributed by atoms with Gasteiger partial charge in [-0.05, 0) is 29.8 Å². The van der Waals surface area contributed by atoms with Gasteiger partial charge < -0.3 is 5.32 Å². The maximum atomic E-state index is 11.6. The normalized spacial score (nSPS) is 10.0. The van der Waals surface area contributed by atoms with Gasteiger partial charge in [-0.3, -0.25) is 4.79 Å². The van der Waals surface area contributed by atoms with Gasteiger partial charge in [0, 0.05) is 5.69 Å². The van der Waals surface area contributed by atoms with Crippen LogP contribution in [0.4, 0.5) is 5.69 Å². The van der Waals surface area contributed by atoms with E-state index in [0.29, 0.717) is 5.56 Å². The van der Waals surface area contributed by atoms with Gasteiger partial charge in [-0.25, -0.2) is 5.43 Å². The van der Waals surface area contributed by atoms with Crippen LogP contribution in [0.25, 0.3) is 0 Å². The second-order valence-corrected chi connectivity index (χ2v) is 4.25. The van der Waals surface area contributed by atoms with Crippen LogP contribution in [-0.2, 0) is 4.79 Å². The van der Waals surface area contributed by atoms with Crippen molar-refractivity contribution in [2.75, 3.05) is 11.9 Å². The zero-order valence-electron chi connectivity index (χ0n) is 11.3. The third-order valence-corrected chi connectivity index (χ3v) is 2.67. The van der Waals surface area contributed by atoms with Gasteiger partial charge in [0.15, 0.2) is 0 Å². The number of hydrazone groups is 1. The van der Waals surface area contributed by atoms with E-state index in [1.54, 1.807) is 24.3 Å². The molecule has 2 aromatic rings. The van der Waals surface area contributed by atoms with Gasteiger partial charge in [-0.1, -0.05) is 30.3 Å². The summed E-state index contributed by atoms with van der Waals surface area (Å²) in [4.78, 5) is 11.6. The Bertz CT molecular complexity index is 657. The van der Waals surface area contributed by atoms with Crippen LogP contribution < -0.4 is 10.7 Å². The molecule has 0 spiro atoms.